The van der Waals surface area contributed by atoms with Crippen LogP contribution in [-0.4, -0.2) is 22.0 Å². The highest BCUT2D eigenvalue weighted by molar-refractivity contribution is 7.09. The first-order valence-electron chi connectivity index (χ1n) is 8.97. The Hall–Kier alpha value is -2.73. The van der Waals surface area contributed by atoms with Gasteiger partial charge in [-0.05, 0) is 62.2 Å². The fourth-order valence-electron chi connectivity index (χ4n) is 2.60. The molecule has 3 aromatic rings. The van der Waals surface area contributed by atoms with Crippen LogP contribution in [0.3, 0.4) is 0 Å². The number of benzene rings is 1. The summed E-state index contributed by atoms with van der Waals surface area (Å²) in [6.45, 7) is 3.96. The number of ether oxygens (including phenoxy) is 1. The zero-order valence-corrected chi connectivity index (χ0v) is 16.3. The lowest BCUT2D eigenvalue weighted by atomic mass is 10.1. The summed E-state index contributed by atoms with van der Waals surface area (Å²) >= 11 is 1.60. The van der Waals surface area contributed by atoms with Crippen molar-refractivity contribution in [2.45, 2.75) is 39.2 Å². The Morgan fingerprint density at radius 2 is 1.85 bits per heavy atom. The first kappa shape index (κ1) is 19.0. The Labute approximate surface area is 163 Å². The summed E-state index contributed by atoms with van der Waals surface area (Å²) in [6.07, 6.45) is 5.79. The van der Waals surface area contributed by atoms with Crippen molar-refractivity contribution in [3.8, 4) is 5.75 Å². The number of nitrogens with one attached hydrogen (secondary N) is 1. The minimum absolute atomic E-state index is 0.0708. The van der Waals surface area contributed by atoms with Crippen molar-refractivity contribution in [1.82, 2.24) is 9.97 Å². The van der Waals surface area contributed by atoms with E-state index in [0.29, 0.717) is 0 Å². The fourth-order valence-corrected chi connectivity index (χ4v) is 3.40. The van der Waals surface area contributed by atoms with Gasteiger partial charge in [0.2, 0.25) is 5.91 Å². The quantitative estimate of drug-likeness (QED) is 0.632. The number of hydrogen-bond donors (Lipinski definition) is 1. The number of carbonyl (C=O) groups is 1. The van der Waals surface area contributed by atoms with Crippen LogP contribution in [0, 0.1) is 0 Å². The van der Waals surface area contributed by atoms with Crippen LogP contribution in [0.5, 0.6) is 5.75 Å². The van der Waals surface area contributed by atoms with Gasteiger partial charge in [0, 0.05) is 29.9 Å². The molecule has 0 radical (unpaired) electrons. The highest BCUT2D eigenvalue weighted by Crippen LogP contribution is 2.18. The van der Waals surface area contributed by atoms with Crippen molar-refractivity contribution >= 4 is 22.9 Å². The van der Waals surface area contributed by atoms with Crippen molar-refractivity contribution < 1.29 is 9.53 Å². The van der Waals surface area contributed by atoms with E-state index in [4.69, 9.17) is 4.74 Å². The Balaban J connectivity index is 1.48. The van der Waals surface area contributed by atoms with Gasteiger partial charge in [-0.2, -0.15) is 0 Å². The summed E-state index contributed by atoms with van der Waals surface area (Å²) in [7, 11) is 0. The smallest absolute Gasteiger partial charge is 0.230 e. The zero-order valence-electron chi connectivity index (χ0n) is 15.5. The van der Waals surface area contributed by atoms with E-state index in [2.05, 4.69) is 15.3 Å². The van der Waals surface area contributed by atoms with Gasteiger partial charge in [0.15, 0.2) is 0 Å². The number of anilines is 1. The van der Waals surface area contributed by atoms with Crippen LogP contribution in [0.1, 0.15) is 30.1 Å². The molecule has 5 nitrogen and oxygen atoms in total. The SMILES string of the molecule is CC(C)Oc1ccc(NC(=O)Cc2csc(CCc3ccncc3)n2)cc1. The van der Waals surface area contributed by atoms with Crippen LogP contribution in [0.4, 0.5) is 5.69 Å². The molecular weight excluding hydrogens is 358 g/mol. The van der Waals surface area contributed by atoms with Crippen LogP contribution in [0.25, 0.3) is 0 Å². The van der Waals surface area contributed by atoms with Gasteiger partial charge < -0.3 is 10.1 Å². The lowest BCUT2D eigenvalue weighted by Gasteiger charge is -2.10. The molecule has 0 bridgehead atoms. The molecule has 2 heterocycles. The summed E-state index contributed by atoms with van der Waals surface area (Å²) in [5.74, 6) is 0.722. The average molecular weight is 382 g/mol. The van der Waals surface area contributed by atoms with Crippen molar-refractivity contribution in [3.05, 3.63) is 70.4 Å². The van der Waals surface area contributed by atoms with Crippen molar-refractivity contribution in [2.75, 3.05) is 5.32 Å². The highest BCUT2D eigenvalue weighted by atomic mass is 32.1. The third kappa shape index (κ3) is 6.18. The molecule has 3 rings (SSSR count). The molecule has 1 amide bonds. The van der Waals surface area contributed by atoms with Gasteiger partial charge >= 0.3 is 0 Å². The number of aryl methyl sites for hydroxylation is 2. The maximum atomic E-state index is 12.2. The van der Waals surface area contributed by atoms with E-state index in [9.17, 15) is 4.79 Å². The number of pyridine rings is 1. The third-order valence-electron chi connectivity index (χ3n) is 3.83. The fraction of sp³-hybridized carbons (Fsp3) is 0.286. The first-order chi connectivity index (χ1) is 13.1. The molecule has 0 fully saturated rings. The molecule has 1 aromatic carbocycles. The number of thiazole rings is 1. The zero-order chi connectivity index (χ0) is 19.1. The molecule has 1 N–H and O–H groups in total. The molecule has 0 atom stereocenters. The van der Waals surface area contributed by atoms with Gasteiger partial charge in [0.25, 0.3) is 0 Å². The van der Waals surface area contributed by atoms with Gasteiger partial charge in [-0.1, -0.05) is 0 Å². The standard InChI is InChI=1S/C21H23N3O2S/c1-15(2)26-19-6-4-17(5-7-19)23-20(25)13-18-14-27-21(24-18)8-3-16-9-11-22-12-10-16/h4-7,9-12,14-15H,3,8,13H2,1-2H3,(H,23,25). The number of aromatic nitrogens is 2. The molecule has 0 saturated carbocycles. The normalized spacial score (nSPS) is 10.8. The Bertz CT molecular complexity index is 861. The summed E-state index contributed by atoms with van der Waals surface area (Å²) in [5, 5.41) is 5.91. The van der Waals surface area contributed by atoms with E-state index in [1.54, 1.807) is 23.7 Å². The van der Waals surface area contributed by atoms with E-state index in [0.717, 1.165) is 35.0 Å². The van der Waals surface area contributed by atoms with Crippen LogP contribution in [0.2, 0.25) is 0 Å². The van der Waals surface area contributed by atoms with Gasteiger partial charge in [0.1, 0.15) is 5.75 Å². The van der Waals surface area contributed by atoms with Crippen molar-refractivity contribution in [1.29, 1.82) is 0 Å². The molecule has 0 aliphatic heterocycles. The number of rotatable bonds is 8. The summed E-state index contributed by atoms with van der Waals surface area (Å²) in [6, 6.07) is 11.4. The molecule has 6 heteroatoms. The number of nitrogens with zero attached hydrogens (tertiary/aromatic N) is 2. The minimum atomic E-state index is -0.0708. The topological polar surface area (TPSA) is 64.1 Å². The summed E-state index contributed by atoms with van der Waals surface area (Å²) < 4.78 is 5.60. The molecule has 2 aromatic heterocycles. The van der Waals surface area contributed by atoms with E-state index in [-0.39, 0.29) is 18.4 Å². The molecule has 27 heavy (non-hydrogen) atoms. The minimum Gasteiger partial charge on any atom is -0.491 e. The second-order valence-corrected chi connectivity index (χ2v) is 7.45. The maximum Gasteiger partial charge on any atom is 0.230 e. The van der Waals surface area contributed by atoms with Gasteiger partial charge in [-0.15, -0.1) is 11.3 Å². The number of carbonyl (C=O) groups excluding carboxylic acids is 1. The Kier molecular flexibility index (Phi) is 6.54. The number of amides is 1. The molecule has 0 spiro atoms. The van der Waals surface area contributed by atoms with Crippen LogP contribution >= 0.6 is 11.3 Å². The van der Waals surface area contributed by atoms with Crippen LogP contribution < -0.4 is 10.1 Å². The summed E-state index contributed by atoms with van der Waals surface area (Å²) in [4.78, 5) is 20.8. The molecule has 140 valence electrons. The largest absolute Gasteiger partial charge is 0.491 e. The Morgan fingerprint density at radius 1 is 1.11 bits per heavy atom. The molecule has 0 aliphatic rings. The van der Waals surface area contributed by atoms with Gasteiger partial charge in [-0.25, -0.2) is 4.98 Å². The van der Waals surface area contributed by atoms with Crippen molar-refractivity contribution in [2.24, 2.45) is 0 Å². The van der Waals surface area contributed by atoms with E-state index >= 15 is 0 Å². The van der Waals surface area contributed by atoms with E-state index < -0.39 is 0 Å². The molecule has 0 saturated heterocycles. The second-order valence-electron chi connectivity index (χ2n) is 6.50. The van der Waals surface area contributed by atoms with Gasteiger partial charge in [0.05, 0.1) is 23.2 Å². The maximum absolute atomic E-state index is 12.2. The van der Waals surface area contributed by atoms with Crippen LogP contribution in [-0.2, 0) is 24.1 Å². The van der Waals surface area contributed by atoms with E-state index in [1.165, 1.54) is 5.56 Å². The average Bonchev–Trinajstić information content (AvgIpc) is 3.09. The predicted octanol–water partition coefficient (Wildman–Crippen LogP) is 4.29. The van der Waals surface area contributed by atoms with Crippen LogP contribution in [0.15, 0.2) is 54.2 Å². The van der Waals surface area contributed by atoms with Crippen molar-refractivity contribution in [3.63, 3.8) is 0 Å². The number of hydrogen-bond acceptors (Lipinski definition) is 5. The predicted molar refractivity (Wildman–Crippen MR) is 108 cm³/mol. The highest BCUT2D eigenvalue weighted by Gasteiger charge is 2.09. The van der Waals surface area contributed by atoms with Gasteiger partial charge in [-0.3, -0.25) is 9.78 Å². The monoisotopic (exact) mass is 381 g/mol. The molecule has 0 aliphatic carbocycles. The molecular formula is C21H23N3O2S. The summed E-state index contributed by atoms with van der Waals surface area (Å²) in [5.41, 5.74) is 2.80. The van der Waals surface area contributed by atoms with E-state index in [1.807, 2.05) is 55.6 Å². The first-order valence-corrected chi connectivity index (χ1v) is 9.85. The third-order valence-corrected chi connectivity index (χ3v) is 4.79. The Morgan fingerprint density at radius 3 is 2.56 bits per heavy atom. The lowest BCUT2D eigenvalue weighted by Crippen LogP contribution is -2.14. The molecule has 0 unspecified atom stereocenters. The lowest BCUT2D eigenvalue weighted by molar-refractivity contribution is -0.115. The second kappa shape index (κ2) is 9.28.